The lowest BCUT2D eigenvalue weighted by Gasteiger charge is -2.30. The average molecular weight is 359 g/mol. The first-order chi connectivity index (χ1) is 11.8. The molecule has 5 heteroatoms. The third-order valence-electron chi connectivity index (χ3n) is 4.74. The second kappa shape index (κ2) is 8.41. The van der Waals surface area contributed by atoms with Crippen molar-refractivity contribution in [1.29, 1.82) is 0 Å². The van der Waals surface area contributed by atoms with Gasteiger partial charge >= 0.3 is 0 Å². The zero-order chi connectivity index (χ0) is 18.6. The summed E-state index contributed by atoms with van der Waals surface area (Å²) in [4.78, 5) is 15.4. The zero-order valence-corrected chi connectivity index (χ0v) is 16.0. The van der Waals surface area contributed by atoms with E-state index in [1.165, 1.54) is 0 Å². The van der Waals surface area contributed by atoms with Gasteiger partial charge in [0.1, 0.15) is 0 Å². The highest BCUT2D eigenvalue weighted by molar-refractivity contribution is 7.84. The Bertz CT molecular complexity index is 731. The van der Waals surface area contributed by atoms with Crippen LogP contribution in [0.2, 0.25) is 0 Å². The van der Waals surface area contributed by atoms with E-state index < -0.39 is 10.8 Å². The fourth-order valence-electron chi connectivity index (χ4n) is 2.79. The first-order valence-corrected chi connectivity index (χ1v) is 9.89. The Morgan fingerprint density at radius 3 is 2.08 bits per heavy atom. The highest BCUT2D eigenvalue weighted by Gasteiger charge is 2.27. The number of benzene rings is 2. The Balaban J connectivity index is 2.11. The predicted octanol–water partition coefficient (Wildman–Crippen LogP) is 3.28. The number of nitrogens with zero attached hydrogens (tertiary/aromatic N) is 1. The van der Waals surface area contributed by atoms with Gasteiger partial charge in [0.15, 0.2) is 0 Å². The summed E-state index contributed by atoms with van der Waals surface area (Å²) in [6.45, 7) is 3.85. The maximum absolute atomic E-state index is 12.8. The molecule has 2 aromatic rings. The Kier molecular flexibility index (Phi) is 6.51. The summed E-state index contributed by atoms with van der Waals surface area (Å²) in [5.74, 6) is -0.315. The Hall–Kier alpha value is -1.98. The van der Waals surface area contributed by atoms with E-state index in [1.54, 1.807) is 18.2 Å². The van der Waals surface area contributed by atoms with Crippen LogP contribution in [0.5, 0.6) is 0 Å². The molecule has 4 unspecified atom stereocenters. The lowest BCUT2D eigenvalue weighted by atomic mass is 9.93. The number of carbonyl (C=O) groups is 1. The predicted molar refractivity (Wildman–Crippen MR) is 102 cm³/mol. The van der Waals surface area contributed by atoms with Gasteiger partial charge in [0.25, 0.3) is 0 Å². The molecular weight excluding hydrogens is 332 g/mol. The fraction of sp³-hybridized carbons (Fsp3) is 0.350. The van der Waals surface area contributed by atoms with E-state index in [-0.39, 0.29) is 23.9 Å². The van der Waals surface area contributed by atoms with E-state index in [0.29, 0.717) is 0 Å². The van der Waals surface area contributed by atoms with Crippen molar-refractivity contribution in [2.24, 2.45) is 11.7 Å². The summed E-state index contributed by atoms with van der Waals surface area (Å²) in [7, 11) is 0.797. The van der Waals surface area contributed by atoms with E-state index in [9.17, 15) is 9.00 Å². The maximum atomic E-state index is 12.8. The van der Waals surface area contributed by atoms with Crippen molar-refractivity contribution in [2.45, 2.75) is 30.8 Å². The topological polar surface area (TPSA) is 63.4 Å². The van der Waals surface area contributed by atoms with Crippen molar-refractivity contribution in [3.63, 3.8) is 0 Å². The molecule has 4 atom stereocenters. The van der Waals surface area contributed by atoms with Gasteiger partial charge in [-0.2, -0.15) is 0 Å². The van der Waals surface area contributed by atoms with Crippen LogP contribution in [0, 0.1) is 5.92 Å². The first-order valence-electron chi connectivity index (χ1n) is 8.33. The van der Waals surface area contributed by atoms with Crippen LogP contribution in [0.1, 0.15) is 37.1 Å². The molecule has 4 nitrogen and oxygen atoms in total. The summed E-state index contributed by atoms with van der Waals surface area (Å²) in [5.41, 5.74) is 8.25. The van der Waals surface area contributed by atoms with Crippen LogP contribution >= 0.6 is 0 Å². The Labute approximate surface area is 152 Å². The lowest BCUT2D eigenvalue weighted by molar-refractivity contribution is -0.136. The molecule has 2 aromatic carbocycles. The minimum Gasteiger partial charge on any atom is -0.339 e. The van der Waals surface area contributed by atoms with Crippen LogP contribution in [0.25, 0.3) is 0 Å². The van der Waals surface area contributed by atoms with Crippen molar-refractivity contribution >= 4 is 16.7 Å². The normalized spacial score (nSPS) is 15.9. The van der Waals surface area contributed by atoms with Crippen LogP contribution in [0.15, 0.2) is 59.5 Å². The molecule has 134 valence electrons. The Morgan fingerprint density at radius 2 is 1.56 bits per heavy atom. The van der Waals surface area contributed by atoms with E-state index in [0.717, 1.165) is 16.0 Å². The molecule has 0 aliphatic rings. The molecule has 0 saturated carbocycles. The van der Waals surface area contributed by atoms with E-state index >= 15 is 0 Å². The number of rotatable bonds is 6. The molecule has 0 heterocycles. The second-order valence-electron chi connectivity index (χ2n) is 6.37. The summed E-state index contributed by atoms with van der Waals surface area (Å²) in [6, 6.07) is 16.8. The van der Waals surface area contributed by atoms with Crippen molar-refractivity contribution in [3.05, 3.63) is 65.7 Å². The van der Waals surface area contributed by atoms with Crippen molar-refractivity contribution in [2.75, 3.05) is 13.3 Å². The fourth-order valence-corrected chi connectivity index (χ4v) is 3.31. The minimum absolute atomic E-state index is 0.00648. The molecule has 1 amide bonds. The number of carbonyl (C=O) groups excluding carboxylic acids is 1. The summed E-state index contributed by atoms with van der Waals surface area (Å²) in [6.07, 6.45) is 1.65. The monoisotopic (exact) mass is 358 g/mol. The van der Waals surface area contributed by atoms with E-state index in [2.05, 4.69) is 0 Å². The molecule has 0 spiro atoms. The second-order valence-corrected chi connectivity index (χ2v) is 7.75. The smallest absolute Gasteiger partial charge is 0.227 e. The molecule has 0 radical (unpaired) electrons. The van der Waals surface area contributed by atoms with Gasteiger partial charge in [-0.05, 0) is 30.2 Å². The molecule has 0 bridgehead atoms. The standard InChI is InChI=1S/C20H26N2O2S/c1-14(19(21)17-8-6-5-7-9-17)20(23)22(3)15(2)16-10-12-18(13-11-16)25(4)24/h5-15,19H,21H2,1-4H3. The highest BCUT2D eigenvalue weighted by Crippen LogP contribution is 2.26. The minimum atomic E-state index is -1.00. The molecule has 0 saturated heterocycles. The van der Waals surface area contributed by atoms with Crippen molar-refractivity contribution in [3.8, 4) is 0 Å². The maximum Gasteiger partial charge on any atom is 0.227 e. The van der Waals surface area contributed by atoms with E-state index in [4.69, 9.17) is 5.73 Å². The average Bonchev–Trinajstić information content (AvgIpc) is 2.65. The molecule has 25 heavy (non-hydrogen) atoms. The zero-order valence-electron chi connectivity index (χ0n) is 15.2. The molecule has 2 N–H and O–H groups in total. The van der Waals surface area contributed by atoms with Crippen LogP contribution < -0.4 is 5.73 Å². The molecule has 0 fully saturated rings. The third-order valence-corrected chi connectivity index (χ3v) is 5.67. The van der Waals surface area contributed by atoms with Crippen LogP contribution in [0.4, 0.5) is 0 Å². The Morgan fingerprint density at radius 1 is 1.00 bits per heavy atom. The molecular formula is C20H26N2O2S. The van der Waals surface area contributed by atoms with Gasteiger partial charge in [0, 0.05) is 35.0 Å². The van der Waals surface area contributed by atoms with Gasteiger partial charge < -0.3 is 10.6 Å². The number of nitrogens with two attached hydrogens (primary N) is 1. The van der Waals surface area contributed by atoms with Gasteiger partial charge in [-0.1, -0.05) is 49.4 Å². The van der Waals surface area contributed by atoms with Crippen molar-refractivity contribution < 1.29 is 9.00 Å². The number of hydrogen-bond donors (Lipinski definition) is 1. The number of hydrogen-bond acceptors (Lipinski definition) is 3. The molecule has 0 aliphatic heterocycles. The molecule has 2 rings (SSSR count). The summed E-state index contributed by atoms with van der Waals surface area (Å²) in [5, 5.41) is 0. The van der Waals surface area contributed by atoms with Gasteiger partial charge in [0.2, 0.25) is 5.91 Å². The van der Waals surface area contributed by atoms with Gasteiger partial charge in [0.05, 0.1) is 12.0 Å². The lowest BCUT2D eigenvalue weighted by Crippen LogP contribution is -2.38. The van der Waals surface area contributed by atoms with Crippen LogP contribution in [-0.4, -0.2) is 28.3 Å². The first kappa shape index (κ1) is 19.3. The summed E-state index contributed by atoms with van der Waals surface area (Å²) < 4.78 is 11.5. The third kappa shape index (κ3) is 4.55. The van der Waals surface area contributed by atoms with E-state index in [1.807, 2.05) is 68.4 Å². The molecule has 0 aliphatic carbocycles. The van der Waals surface area contributed by atoms with Gasteiger partial charge in [-0.25, -0.2) is 0 Å². The van der Waals surface area contributed by atoms with Gasteiger partial charge in [-0.3, -0.25) is 9.00 Å². The van der Waals surface area contributed by atoms with Crippen molar-refractivity contribution in [1.82, 2.24) is 4.90 Å². The molecule has 0 aromatic heterocycles. The largest absolute Gasteiger partial charge is 0.339 e. The summed E-state index contributed by atoms with van der Waals surface area (Å²) >= 11 is 0. The number of amides is 1. The quantitative estimate of drug-likeness (QED) is 0.862. The van der Waals surface area contributed by atoms with Gasteiger partial charge in [-0.15, -0.1) is 0 Å². The SMILES string of the molecule is CC(C(=O)N(C)C(C)c1ccc(S(C)=O)cc1)C(N)c1ccccc1. The van der Waals surface area contributed by atoms with Crippen LogP contribution in [-0.2, 0) is 15.6 Å². The highest BCUT2D eigenvalue weighted by atomic mass is 32.2. The van der Waals surface area contributed by atoms with Crippen LogP contribution in [0.3, 0.4) is 0 Å².